The summed E-state index contributed by atoms with van der Waals surface area (Å²) in [5, 5.41) is 0. The van der Waals surface area contributed by atoms with Gasteiger partial charge in [-0.2, -0.15) is 0 Å². The number of likely N-dealkylation sites (N-methyl/N-ethyl adjacent to an activating group) is 2. The van der Waals surface area contributed by atoms with E-state index in [4.69, 9.17) is 4.99 Å². The number of rotatable bonds is 3. The number of hydrogen-bond acceptors (Lipinski definition) is 2. The maximum atomic E-state index is 4.88. The highest BCUT2D eigenvalue weighted by molar-refractivity contribution is 5.81. The van der Waals surface area contributed by atoms with E-state index in [9.17, 15) is 0 Å². The van der Waals surface area contributed by atoms with Gasteiger partial charge in [0.1, 0.15) is 0 Å². The van der Waals surface area contributed by atoms with Gasteiger partial charge in [-0.25, -0.2) is 0 Å². The number of nitrogens with zero attached hydrogens (tertiary/aromatic N) is 4. The first-order chi connectivity index (χ1) is 9.19. The molecule has 0 aromatic carbocycles. The zero-order valence-electron chi connectivity index (χ0n) is 12.3. The molecule has 4 rings (SSSR count). The van der Waals surface area contributed by atoms with Gasteiger partial charge >= 0.3 is 0 Å². The van der Waals surface area contributed by atoms with Crippen LogP contribution in [0.4, 0.5) is 0 Å². The summed E-state index contributed by atoms with van der Waals surface area (Å²) < 4.78 is 0. The lowest BCUT2D eigenvalue weighted by Crippen LogP contribution is -2.54. The molecule has 2 bridgehead atoms. The van der Waals surface area contributed by atoms with Crippen LogP contribution in [0.1, 0.15) is 12.8 Å². The van der Waals surface area contributed by atoms with Crippen molar-refractivity contribution < 1.29 is 0 Å². The van der Waals surface area contributed by atoms with E-state index >= 15 is 0 Å². The van der Waals surface area contributed by atoms with E-state index in [0.29, 0.717) is 6.04 Å². The quantitative estimate of drug-likeness (QED) is 0.712. The van der Waals surface area contributed by atoms with Crippen molar-refractivity contribution in [1.82, 2.24) is 14.7 Å². The lowest BCUT2D eigenvalue weighted by atomic mass is 9.76. The zero-order chi connectivity index (χ0) is 13.4. The summed E-state index contributed by atoms with van der Waals surface area (Å²) in [6.07, 6.45) is 4.82. The maximum absolute atomic E-state index is 4.88. The van der Waals surface area contributed by atoms with Gasteiger partial charge in [-0.1, -0.05) is 6.08 Å². The molecule has 0 saturated carbocycles. The Morgan fingerprint density at radius 2 is 2.00 bits per heavy atom. The number of hydrogen-bond donors (Lipinski definition) is 0. The van der Waals surface area contributed by atoms with Crippen LogP contribution in [0.25, 0.3) is 0 Å². The van der Waals surface area contributed by atoms with Gasteiger partial charge in [0.2, 0.25) is 0 Å². The molecule has 106 valence electrons. The molecule has 0 aromatic heterocycles. The molecule has 0 radical (unpaired) electrons. The van der Waals surface area contributed by atoms with Gasteiger partial charge in [0.05, 0.1) is 6.54 Å². The van der Waals surface area contributed by atoms with Crippen LogP contribution in [0.3, 0.4) is 0 Å². The molecule has 4 nitrogen and oxygen atoms in total. The molecule has 19 heavy (non-hydrogen) atoms. The summed E-state index contributed by atoms with van der Waals surface area (Å²) in [6.45, 7) is 9.62. The second kappa shape index (κ2) is 5.16. The molecular formula is C15H26N4. The number of guanidine groups is 1. The van der Waals surface area contributed by atoms with Crippen molar-refractivity contribution in [2.24, 2.45) is 16.8 Å². The summed E-state index contributed by atoms with van der Waals surface area (Å²) in [6, 6.07) is 0.657. The van der Waals surface area contributed by atoms with E-state index in [1.54, 1.807) is 0 Å². The molecule has 0 aliphatic carbocycles. The summed E-state index contributed by atoms with van der Waals surface area (Å²) in [4.78, 5) is 12.0. The molecule has 4 atom stereocenters. The monoisotopic (exact) mass is 262 g/mol. The van der Waals surface area contributed by atoms with Gasteiger partial charge in [-0.3, -0.25) is 9.89 Å². The Balaban J connectivity index is 1.63. The van der Waals surface area contributed by atoms with Crippen molar-refractivity contribution in [2.45, 2.75) is 18.9 Å². The molecule has 4 heterocycles. The van der Waals surface area contributed by atoms with Crippen LogP contribution >= 0.6 is 0 Å². The first kappa shape index (κ1) is 13.0. The predicted octanol–water partition coefficient (Wildman–Crippen LogP) is 1.12. The summed E-state index contributed by atoms with van der Waals surface area (Å²) in [7, 11) is 4.28. The van der Waals surface area contributed by atoms with Crippen molar-refractivity contribution in [3.63, 3.8) is 0 Å². The third kappa shape index (κ3) is 2.38. The van der Waals surface area contributed by atoms with E-state index in [0.717, 1.165) is 31.5 Å². The highest BCUT2D eigenvalue weighted by Crippen LogP contribution is 2.36. The Morgan fingerprint density at radius 3 is 2.58 bits per heavy atom. The number of aliphatic imine (C=N–C) groups is 1. The van der Waals surface area contributed by atoms with Crippen molar-refractivity contribution in [2.75, 3.05) is 46.8 Å². The Labute approximate surface area is 116 Å². The third-order valence-electron chi connectivity index (χ3n) is 5.13. The van der Waals surface area contributed by atoms with Crippen molar-refractivity contribution >= 4 is 5.96 Å². The van der Waals surface area contributed by atoms with E-state index in [1.165, 1.54) is 31.9 Å². The third-order valence-corrected chi connectivity index (χ3v) is 5.13. The van der Waals surface area contributed by atoms with Crippen LogP contribution in [0.15, 0.2) is 17.6 Å². The second-order valence-corrected chi connectivity index (χ2v) is 6.32. The second-order valence-electron chi connectivity index (χ2n) is 6.32. The Morgan fingerprint density at radius 1 is 1.26 bits per heavy atom. The number of fused-ring (bicyclic) bond motifs is 3. The standard InChI is InChI=1S/C15H26N4/c1-4-12-11-19-6-5-13(12)9-14(19)10-16-15-17(2)7-8-18(15)3/h4,12-14H,1,5-11H2,2-3H3/t12-,13-,14-/m0/s1. The summed E-state index contributed by atoms with van der Waals surface area (Å²) in [5.74, 6) is 2.74. The Kier molecular flexibility index (Phi) is 3.52. The minimum absolute atomic E-state index is 0.657. The Bertz CT molecular complexity index is 366. The van der Waals surface area contributed by atoms with Crippen LogP contribution in [-0.2, 0) is 0 Å². The van der Waals surface area contributed by atoms with E-state index in [1.807, 2.05) is 0 Å². The van der Waals surface area contributed by atoms with E-state index < -0.39 is 0 Å². The SMILES string of the molecule is C=C[C@H]1CN2CC[C@H]1C[C@H]2CN=C1N(C)CCN1C. The molecule has 0 spiro atoms. The van der Waals surface area contributed by atoms with Crippen molar-refractivity contribution in [3.05, 3.63) is 12.7 Å². The smallest absolute Gasteiger partial charge is 0.196 e. The fourth-order valence-corrected chi connectivity index (χ4v) is 3.86. The normalized spacial score (nSPS) is 37.9. The molecule has 4 aliphatic heterocycles. The van der Waals surface area contributed by atoms with Gasteiger partial charge in [-0.15, -0.1) is 6.58 Å². The Hall–Kier alpha value is -1.03. The van der Waals surface area contributed by atoms with Crippen LogP contribution in [0.2, 0.25) is 0 Å². The predicted molar refractivity (Wildman–Crippen MR) is 79.3 cm³/mol. The molecule has 1 unspecified atom stereocenters. The van der Waals surface area contributed by atoms with Crippen molar-refractivity contribution in [3.8, 4) is 0 Å². The molecule has 4 fully saturated rings. The maximum Gasteiger partial charge on any atom is 0.196 e. The first-order valence-electron chi connectivity index (χ1n) is 7.52. The van der Waals surface area contributed by atoms with Gasteiger partial charge in [0.25, 0.3) is 0 Å². The average molecular weight is 262 g/mol. The van der Waals surface area contributed by atoms with Crippen molar-refractivity contribution in [1.29, 1.82) is 0 Å². The highest BCUT2D eigenvalue weighted by atomic mass is 15.4. The van der Waals surface area contributed by atoms with Gasteiger partial charge < -0.3 is 9.80 Å². The van der Waals surface area contributed by atoms with E-state index in [-0.39, 0.29) is 0 Å². The molecule has 4 aliphatic rings. The largest absolute Gasteiger partial charge is 0.344 e. The fourth-order valence-electron chi connectivity index (χ4n) is 3.86. The summed E-state index contributed by atoms with van der Waals surface area (Å²) in [5.41, 5.74) is 0. The molecule has 4 saturated heterocycles. The minimum Gasteiger partial charge on any atom is -0.344 e. The molecule has 0 aromatic rings. The highest BCUT2D eigenvalue weighted by Gasteiger charge is 2.38. The lowest BCUT2D eigenvalue weighted by molar-refractivity contribution is 0.0234. The van der Waals surface area contributed by atoms with Crippen LogP contribution in [0, 0.1) is 11.8 Å². The first-order valence-corrected chi connectivity index (χ1v) is 7.52. The number of piperidine rings is 3. The topological polar surface area (TPSA) is 22.1 Å². The lowest BCUT2D eigenvalue weighted by Gasteiger charge is -2.48. The van der Waals surface area contributed by atoms with Gasteiger partial charge in [0, 0.05) is 39.8 Å². The van der Waals surface area contributed by atoms with Crippen LogP contribution in [0.5, 0.6) is 0 Å². The van der Waals surface area contributed by atoms with E-state index in [2.05, 4.69) is 41.5 Å². The van der Waals surface area contributed by atoms with Gasteiger partial charge in [-0.05, 0) is 31.2 Å². The average Bonchev–Trinajstić information content (AvgIpc) is 2.76. The van der Waals surface area contributed by atoms with Crippen LogP contribution < -0.4 is 0 Å². The minimum atomic E-state index is 0.657. The molecule has 0 amide bonds. The molecule has 4 heteroatoms. The fraction of sp³-hybridized carbons (Fsp3) is 0.800. The van der Waals surface area contributed by atoms with Gasteiger partial charge in [0.15, 0.2) is 5.96 Å². The molecular weight excluding hydrogens is 236 g/mol. The van der Waals surface area contributed by atoms with Crippen LogP contribution in [-0.4, -0.2) is 73.5 Å². The zero-order valence-corrected chi connectivity index (χ0v) is 12.3. The summed E-state index contributed by atoms with van der Waals surface area (Å²) >= 11 is 0. The molecule has 0 N–H and O–H groups in total.